The first-order chi connectivity index (χ1) is 13.5. The second-order valence-electron chi connectivity index (χ2n) is 6.32. The van der Waals surface area contributed by atoms with Crippen LogP contribution < -0.4 is 5.01 Å². The molecule has 0 bridgehead atoms. The Morgan fingerprint density at radius 2 is 1.82 bits per heavy atom. The van der Waals surface area contributed by atoms with Crippen LogP contribution in [0.25, 0.3) is 0 Å². The van der Waals surface area contributed by atoms with Crippen molar-refractivity contribution in [2.24, 2.45) is 16.9 Å². The van der Waals surface area contributed by atoms with Gasteiger partial charge in [-0.3, -0.25) is 14.9 Å². The Hall–Kier alpha value is -4.04. The average Bonchev–Trinajstić information content (AvgIpc) is 3.01. The molecule has 0 fully saturated rings. The molecule has 8 heteroatoms. The highest BCUT2D eigenvalue weighted by molar-refractivity contribution is 6.15. The number of amides is 1. The van der Waals surface area contributed by atoms with Crippen molar-refractivity contribution in [3.63, 3.8) is 0 Å². The molecular weight excluding hydrogens is 358 g/mol. The standard InChI is InChI=1S/C20H15N5O3/c1-13-18(20(26)24(23-13)16-7-3-2-4-8-16)19(15(11-21)12-22)14-6-5-9-17(10-14)25(27)28/h2-10,15,18-19H,1H3. The molecule has 0 aromatic heterocycles. The van der Waals surface area contributed by atoms with E-state index in [0.717, 1.165) is 0 Å². The molecule has 3 rings (SSSR count). The van der Waals surface area contributed by atoms with Crippen molar-refractivity contribution in [2.45, 2.75) is 12.8 Å². The molecule has 0 saturated carbocycles. The van der Waals surface area contributed by atoms with E-state index in [4.69, 9.17) is 0 Å². The van der Waals surface area contributed by atoms with Gasteiger partial charge in [0.2, 0.25) is 0 Å². The van der Waals surface area contributed by atoms with Crippen LogP contribution in [0.1, 0.15) is 18.4 Å². The van der Waals surface area contributed by atoms with Crippen LogP contribution in [0.2, 0.25) is 0 Å². The highest BCUT2D eigenvalue weighted by Gasteiger charge is 2.44. The fraction of sp³-hybridized carbons (Fsp3) is 0.200. The quantitative estimate of drug-likeness (QED) is 0.587. The lowest BCUT2D eigenvalue weighted by Gasteiger charge is -2.24. The number of nitrogens with zero attached hydrogens (tertiary/aromatic N) is 5. The van der Waals surface area contributed by atoms with Crippen molar-refractivity contribution in [1.82, 2.24) is 0 Å². The Morgan fingerprint density at radius 1 is 1.14 bits per heavy atom. The van der Waals surface area contributed by atoms with E-state index in [1.807, 2.05) is 18.2 Å². The minimum Gasteiger partial charge on any atom is -0.272 e. The summed E-state index contributed by atoms with van der Waals surface area (Å²) in [4.78, 5) is 23.7. The van der Waals surface area contributed by atoms with Crippen molar-refractivity contribution < 1.29 is 9.72 Å². The molecule has 1 aliphatic heterocycles. The van der Waals surface area contributed by atoms with Gasteiger partial charge in [-0.05, 0) is 24.6 Å². The van der Waals surface area contributed by atoms with E-state index in [-0.39, 0.29) is 11.6 Å². The van der Waals surface area contributed by atoms with Crippen LogP contribution in [0.3, 0.4) is 0 Å². The SMILES string of the molecule is CC1=NN(c2ccccc2)C(=O)C1C(c1cccc([N+](=O)[O-])c1)C(C#N)C#N. The summed E-state index contributed by atoms with van der Waals surface area (Å²) < 4.78 is 0. The summed E-state index contributed by atoms with van der Waals surface area (Å²) in [6.07, 6.45) is 0. The third-order valence-corrected chi connectivity index (χ3v) is 4.65. The molecular formula is C20H15N5O3. The highest BCUT2D eigenvalue weighted by Crippen LogP contribution is 2.39. The Balaban J connectivity index is 2.07. The van der Waals surface area contributed by atoms with Crippen LogP contribution in [0, 0.1) is 44.6 Å². The minimum absolute atomic E-state index is 0.169. The predicted octanol–water partition coefficient (Wildman–Crippen LogP) is 3.38. The summed E-state index contributed by atoms with van der Waals surface area (Å²) in [6, 6.07) is 18.3. The van der Waals surface area contributed by atoms with Gasteiger partial charge in [0.15, 0.2) is 0 Å². The fourth-order valence-corrected chi connectivity index (χ4v) is 3.36. The van der Waals surface area contributed by atoms with Gasteiger partial charge in [-0.25, -0.2) is 5.01 Å². The van der Waals surface area contributed by atoms with Crippen LogP contribution in [-0.2, 0) is 4.79 Å². The molecule has 1 amide bonds. The van der Waals surface area contributed by atoms with Crippen LogP contribution >= 0.6 is 0 Å². The number of non-ortho nitro benzene ring substituents is 1. The highest BCUT2D eigenvalue weighted by atomic mass is 16.6. The smallest absolute Gasteiger partial charge is 0.269 e. The second-order valence-corrected chi connectivity index (χ2v) is 6.32. The third kappa shape index (κ3) is 3.31. The topological polar surface area (TPSA) is 123 Å². The van der Waals surface area contributed by atoms with Crippen LogP contribution in [0.5, 0.6) is 0 Å². The van der Waals surface area contributed by atoms with Gasteiger partial charge in [-0.15, -0.1) is 0 Å². The van der Waals surface area contributed by atoms with E-state index in [1.54, 1.807) is 37.3 Å². The Labute approximate surface area is 161 Å². The molecule has 0 N–H and O–H groups in total. The number of hydrogen-bond donors (Lipinski definition) is 0. The van der Waals surface area contributed by atoms with E-state index >= 15 is 0 Å². The van der Waals surface area contributed by atoms with Gasteiger partial charge in [0.05, 0.1) is 28.7 Å². The van der Waals surface area contributed by atoms with Crippen molar-refractivity contribution in [3.05, 3.63) is 70.3 Å². The molecule has 2 aromatic carbocycles. The molecule has 0 radical (unpaired) electrons. The molecule has 1 heterocycles. The average molecular weight is 373 g/mol. The summed E-state index contributed by atoms with van der Waals surface area (Å²) >= 11 is 0. The largest absolute Gasteiger partial charge is 0.272 e. The van der Waals surface area contributed by atoms with E-state index in [2.05, 4.69) is 5.10 Å². The zero-order valence-corrected chi connectivity index (χ0v) is 14.9. The van der Waals surface area contributed by atoms with Gasteiger partial charge in [0.1, 0.15) is 5.92 Å². The van der Waals surface area contributed by atoms with Crippen LogP contribution in [0.4, 0.5) is 11.4 Å². The Morgan fingerprint density at radius 3 is 2.43 bits per heavy atom. The van der Waals surface area contributed by atoms with E-state index < -0.39 is 22.7 Å². The molecule has 0 saturated heterocycles. The number of nitro groups is 1. The molecule has 8 nitrogen and oxygen atoms in total. The summed E-state index contributed by atoms with van der Waals surface area (Å²) in [6.45, 7) is 1.65. The first-order valence-electron chi connectivity index (χ1n) is 8.45. The maximum Gasteiger partial charge on any atom is 0.269 e. The third-order valence-electron chi connectivity index (χ3n) is 4.65. The van der Waals surface area contributed by atoms with Crippen LogP contribution in [-0.4, -0.2) is 16.5 Å². The molecule has 0 spiro atoms. The molecule has 28 heavy (non-hydrogen) atoms. The number of anilines is 1. The molecule has 1 aliphatic rings. The van der Waals surface area contributed by atoms with Gasteiger partial charge in [-0.2, -0.15) is 15.6 Å². The zero-order chi connectivity index (χ0) is 20.3. The van der Waals surface area contributed by atoms with E-state index in [0.29, 0.717) is 17.0 Å². The summed E-state index contributed by atoms with van der Waals surface area (Å²) in [7, 11) is 0. The van der Waals surface area contributed by atoms with Crippen LogP contribution in [0.15, 0.2) is 59.7 Å². The fourth-order valence-electron chi connectivity index (χ4n) is 3.36. The van der Waals surface area contributed by atoms with E-state index in [1.165, 1.54) is 23.2 Å². The summed E-state index contributed by atoms with van der Waals surface area (Å²) in [5, 5.41) is 35.7. The summed E-state index contributed by atoms with van der Waals surface area (Å²) in [5.74, 6) is -3.29. The zero-order valence-electron chi connectivity index (χ0n) is 14.9. The first kappa shape index (κ1) is 18.7. The Kier molecular flexibility index (Phi) is 5.14. The number of para-hydroxylation sites is 1. The monoisotopic (exact) mass is 373 g/mol. The molecule has 2 unspecified atom stereocenters. The number of rotatable bonds is 5. The molecule has 138 valence electrons. The lowest BCUT2D eigenvalue weighted by atomic mass is 9.75. The van der Waals surface area contributed by atoms with Gasteiger partial charge < -0.3 is 0 Å². The second kappa shape index (κ2) is 7.68. The number of hydrazone groups is 1. The van der Waals surface area contributed by atoms with E-state index in [9.17, 15) is 25.4 Å². The first-order valence-corrected chi connectivity index (χ1v) is 8.45. The van der Waals surface area contributed by atoms with Gasteiger partial charge in [0.25, 0.3) is 11.6 Å². The van der Waals surface area contributed by atoms with Crippen molar-refractivity contribution in [2.75, 3.05) is 5.01 Å². The molecule has 0 aliphatic carbocycles. The number of carbonyl (C=O) groups excluding carboxylic acids is 1. The summed E-state index contributed by atoms with van der Waals surface area (Å²) in [5.41, 5.74) is 1.22. The number of benzene rings is 2. The maximum atomic E-state index is 13.1. The Bertz CT molecular complexity index is 1020. The normalized spacial score (nSPS) is 17.0. The maximum absolute atomic E-state index is 13.1. The van der Waals surface area contributed by atoms with Crippen molar-refractivity contribution >= 4 is 23.0 Å². The lowest BCUT2D eigenvalue weighted by molar-refractivity contribution is -0.384. The molecule has 2 atom stereocenters. The number of hydrogen-bond acceptors (Lipinski definition) is 6. The molecule has 2 aromatic rings. The lowest BCUT2D eigenvalue weighted by Crippen LogP contribution is -2.34. The van der Waals surface area contributed by atoms with Crippen molar-refractivity contribution in [3.8, 4) is 12.1 Å². The van der Waals surface area contributed by atoms with Gasteiger partial charge in [0, 0.05) is 23.8 Å². The van der Waals surface area contributed by atoms with Crippen molar-refractivity contribution in [1.29, 1.82) is 10.5 Å². The van der Waals surface area contributed by atoms with Gasteiger partial charge >= 0.3 is 0 Å². The number of nitriles is 2. The minimum atomic E-state index is -1.17. The number of carbonyl (C=O) groups is 1. The predicted molar refractivity (Wildman–Crippen MR) is 101 cm³/mol. The number of nitro benzene ring substituents is 1. The van der Waals surface area contributed by atoms with Gasteiger partial charge in [-0.1, -0.05) is 30.3 Å².